The third kappa shape index (κ3) is 3.21. The third-order valence-electron chi connectivity index (χ3n) is 4.20. The number of amides is 2. The van der Waals surface area contributed by atoms with Gasteiger partial charge in [-0.1, -0.05) is 18.1 Å². The van der Waals surface area contributed by atoms with Crippen LogP contribution in [0, 0.1) is 12.7 Å². The van der Waals surface area contributed by atoms with E-state index in [4.69, 9.17) is 4.52 Å². The number of carbonyl (C=O) groups is 1. The summed E-state index contributed by atoms with van der Waals surface area (Å²) in [5.74, 6) is 0.383. The predicted octanol–water partition coefficient (Wildman–Crippen LogP) is 4.05. The number of hydrogen-bond acceptors (Lipinski definition) is 3. The normalized spacial score (nSPS) is 17.5. The van der Waals surface area contributed by atoms with Crippen LogP contribution in [-0.2, 0) is 6.42 Å². The fourth-order valence-electron chi connectivity index (χ4n) is 2.82. The van der Waals surface area contributed by atoms with Gasteiger partial charge in [0.1, 0.15) is 5.82 Å². The van der Waals surface area contributed by atoms with E-state index < -0.39 is 0 Å². The molecule has 0 bridgehead atoms. The van der Waals surface area contributed by atoms with Crippen LogP contribution in [0.3, 0.4) is 0 Å². The zero-order valence-electron chi connectivity index (χ0n) is 13.3. The van der Waals surface area contributed by atoms with Crippen molar-refractivity contribution in [3.63, 3.8) is 0 Å². The summed E-state index contributed by atoms with van der Waals surface area (Å²) in [5.41, 5.74) is 1.89. The Morgan fingerprint density at radius 1 is 1.48 bits per heavy atom. The number of hydrogen-bond donors (Lipinski definition) is 1. The Morgan fingerprint density at radius 3 is 3.00 bits per heavy atom. The maximum Gasteiger partial charge on any atom is 0.322 e. The largest absolute Gasteiger partial charge is 0.359 e. The minimum absolute atomic E-state index is 0.113. The molecule has 6 heteroatoms. The molecule has 1 aliphatic heterocycles. The number of benzene rings is 1. The van der Waals surface area contributed by atoms with Crippen LogP contribution in [0.1, 0.15) is 42.8 Å². The van der Waals surface area contributed by atoms with Crippen molar-refractivity contribution in [1.82, 2.24) is 10.1 Å². The van der Waals surface area contributed by atoms with Crippen LogP contribution in [0.4, 0.5) is 14.9 Å². The van der Waals surface area contributed by atoms with Crippen molar-refractivity contribution in [2.45, 2.75) is 39.2 Å². The van der Waals surface area contributed by atoms with Gasteiger partial charge in [-0.25, -0.2) is 9.18 Å². The van der Waals surface area contributed by atoms with Gasteiger partial charge < -0.3 is 14.7 Å². The standard InChI is InChI=1S/C17H20FN3O2/c1-3-12-10-16(23-20-12)15-5-4-8-21(15)17(22)19-13-7-6-11(2)14(18)9-13/h6-7,9-10,15H,3-5,8H2,1-2H3,(H,19,22)/t15-/m0/s1. The van der Waals surface area contributed by atoms with Gasteiger partial charge in [0.05, 0.1) is 11.7 Å². The van der Waals surface area contributed by atoms with Crippen LogP contribution in [0.15, 0.2) is 28.8 Å². The number of halogens is 1. The molecule has 1 saturated heterocycles. The molecule has 23 heavy (non-hydrogen) atoms. The number of rotatable bonds is 3. The molecule has 1 atom stereocenters. The predicted molar refractivity (Wildman–Crippen MR) is 84.7 cm³/mol. The Morgan fingerprint density at radius 2 is 2.30 bits per heavy atom. The van der Waals surface area contributed by atoms with Crippen molar-refractivity contribution in [2.24, 2.45) is 0 Å². The first-order valence-electron chi connectivity index (χ1n) is 7.87. The van der Waals surface area contributed by atoms with E-state index in [1.165, 1.54) is 6.07 Å². The van der Waals surface area contributed by atoms with Crippen LogP contribution in [0.5, 0.6) is 0 Å². The summed E-state index contributed by atoms with van der Waals surface area (Å²) in [7, 11) is 0. The van der Waals surface area contributed by atoms with Crippen molar-refractivity contribution in [3.05, 3.63) is 47.1 Å². The van der Waals surface area contributed by atoms with E-state index in [1.54, 1.807) is 24.0 Å². The maximum atomic E-state index is 13.6. The number of likely N-dealkylation sites (tertiary alicyclic amines) is 1. The first kappa shape index (κ1) is 15.5. The molecule has 5 nitrogen and oxygen atoms in total. The highest BCUT2D eigenvalue weighted by molar-refractivity contribution is 5.89. The second kappa shape index (κ2) is 6.40. The minimum atomic E-state index is -0.330. The van der Waals surface area contributed by atoms with Crippen LogP contribution in [0.2, 0.25) is 0 Å². The summed E-state index contributed by atoms with van der Waals surface area (Å²) in [6, 6.07) is 6.23. The molecule has 0 spiro atoms. The molecule has 0 saturated carbocycles. The van der Waals surface area contributed by atoms with Gasteiger partial charge in [-0.3, -0.25) is 0 Å². The van der Waals surface area contributed by atoms with Crippen molar-refractivity contribution in [1.29, 1.82) is 0 Å². The van der Waals surface area contributed by atoms with Gasteiger partial charge in [-0.15, -0.1) is 0 Å². The monoisotopic (exact) mass is 317 g/mol. The SMILES string of the molecule is CCc1cc([C@@H]2CCCN2C(=O)Nc2ccc(C)c(F)c2)on1. The molecule has 3 rings (SSSR count). The molecule has 1 N–H and O–H groups in total. The maximum absolute atomic E-state index is 13.6. The van der Waals surface area contributed by atoms with Crippen LogP contribution < -0.4 is 5.32 Å². The highest BCUT2D eigenvalue weighted by Gasteiger charge is 2.32. The molecule has 1 aliphatic rings. The fourth-order valence-corrected chi connectivity index (χ4v) is 2.82. The number of anilines is 1. The molecule has 2 aromatic rings. The van der Waals surface area contributed by atoms with Crippen molar-refractivity contribution in [2.75, 3.05) is 11.9 Å². The van der Waals surface area contributed by atoms with E-state index in [0.717, 1.165) is 25.0 Å². The zero-order chi connectivity index (χ0) is 16.4. The molecule has 1 aromatic heterocycles. The van der Waals surface area contributed by atoms with Crippen molar-refractivity contribution >= 4 is 11.7 Å². The lowest BCUT2D eigenvalue weighted by Gasteiger charge is -2.23. The zero-order valence-corrected chi connectivity index (χ0v) is 13.3. The Kier molecular flexibility index (Phi) is 4.32. The van der Waals surface area contributed by atoms with Gasteiger partial charge in [0.15, 0.2) is 5.76 Å². The first-order valence-corrected chi connectivity index (χ1v) is 7.87. The highest BCUT2D eigenvalue weighted by Crippen LogP contribution is 2.33. The summed E-state index contributed by atoms with van der Waals surface area (Å²) in [5, 5.41) is 6.75. The van der Waals surface area contributed by atoms with Gasteiger partial charge in [0.25, 0.3) is 0 Å². The quantitative estimate of drug-likeness (QED) is 0.929. The Balaban J connectivity index is 1.73. The molecule has 2 amide bonds. The highest BCUT2D eigenvalue weighted by atomic mass is 19.1. The number of carbonyl (C=O) groups excluding carboxylic acids is 1. The second-order valence-electron chi connectivity index (χ2n) is 5.82. The van der Waals surface area contributed by atoms with Crippen molar-refractivity contribution < 1.29 is 13.7 Å². The van der Waals surface area contributed by atoms with E-state index in [1.807, 2.05) is 13.0 Å². The summed E-state index contributed by atoms with van der Waals surface area (Å²) >= 11 is 0. The van der Waals surface area contributed by atoms with Gasteiger partial charge >= 0.3 is 6.03 Å². The lowest BCUT2D eigenvalue weighted by Crippen LogP contribution is -2.34. The molecule has 0 radical (unpaired) electrons. The lowest BCUT2D eigenvalue weighted by molar-refractivity contribution is 0.195. The fraction of sp³-hybridized carbons (Fsp3) is 0.412. The number of aromatic nitrogens is 1. The van der Waals surface area contributed by atoms with E-state index in [9.17, 15) is 9.18 Å². The number of nitrogens with zero attached hydrogens (tertiary/aromatic N) is 2. The number of aryl methyl sites for hydroxylation is 2. The van der Waals surface area contributed by atoms with Gasteiger partial charge in [0, 0.05) is 18.3 Å². The molecule has 0 unspecified atom stereocenters. The molecule has 1 fully saturated rings. The number of nitrogens with one attached hydrogen (secondary N) is 1. The van der Waals surface area contributed by atoms with Crippen LogP contribution in [0.25, 0.3) is 0 Å². The molecule has 2 heterocycles. The minimum Gasteiger partial charge on any atom is -0.359 e. The average Bonchev–Trinajstić information content (AvgIpc) is 3.18. The Labute approximate surface area is 134 Å². The second-order valence-corrected chi connectivity index (χ2v) is 5.82. The molecular weight excluding hydrogens is 297 g/mol. The Bertz CT molecular complexity index is 714. The molecule has 1 aromatic carbocycles. The summed E-state index contributed by atoms with van der Waals surface area (Å²) in [6.45, 7) is 4.34. The summed E-state index contributed by atoms with van der Waals surface area (Å²) < 4.78 is 19.0. The summed E-state index contributed by atoms with van der Waals surface area (Å²) in [4.78, 5) is 14.2. The lowest BCUT2D eigenvalue weighted by atomic mass is 10.1. The number of urea groups is 1. The van der Waals surface area contributed by atoms with Crippen molar-refractivity contribution in [3.8, 4) is 0 Å². The third-order valence-corrected chi connectivity index (χ3v) is 4.20. The van der Waals surface area contributed by atoms with E-state index in [2.05, 4.69) is 10.5 Å². The topological polar surface area (TPSA) is 58.4 Å². The van der Waals surface area contributed by atoms with Gasteiger partial charge in [-0.2, -0.15) is 0 Å². The smallest absolute Gasteiger partial charge is 0.322 e. The van der Waals surface area contributed by atoms with Gasteiger partial charge in [-0.05, 0) is 43.9 Å². The van der Waals surface area contributed by atoms with E-state index in [0.29, 0.717) is 23.6 Å². The van der Waals surface area contributed by atoms with Crippen LogP contribution in [-0.4, -0.2) is 22.6 Å². The van der Waals surface area contributed by atoms with E-state index >= 15 is 0 Å². The van der Waals surface area contributed by atoms with Gasteiger partial charge in [0.2, 0.25) is 0 Å². The first-order chi connectivity index (χ1) is 11.1. The van der Waals surface area contributed by atoms with E-state index in [-0.39, 0.29) is 17.9 Å². The molecular formula is C17H20FN3O2. The van der Waals surface area contributed by atoms with Crippen LogP contribution >= 0.6 is 0 Å². The average molecular weight is 317 g/mol. The Hall–Kier alpha value is -2.37. The molecule has 122 valence electrons. The summed E-state index contributed by atoms with van der Waals surface area (Å²) in [6.07, 6.45) is 2.54. The molecule has 0 aliphatic carbocycles.